The van der Waals surface area contributed by atoms with Gasteiger partial charge in [0, 0.05) is 12.7 Å². The van der Waals surface area contributed by atoms with E-state index in [4.69, 9.17) is 5.11 Å². The highest BCUT2D eigenvalue weighted by Crippen LogP contribution is 2.06. The lowest BCUT2D eigenvalue weighted by Gasteiger charge is -2.03. The number of hydrogen-bond donors (Lipinski definition) is 1. The molecule has 0 aliphatic rings. The minimum Gasteiger partial charge on any atom is -0.476 e. The summed E-state index contributed by atoms with van der Waals surface area (Å²) in [6, 6.07) is 9.78. The van der Waals surface area contributed by atoms with Crippen LogP contribution in [0.15, 0.2) is 36.5 Å². The van der Waals surface area contributed by atoms with Crippen LogP contribution in [0.4, 0.5) is 0 Å². The van der Waals surface area contributed by atoms with Gasteiger partial charge >= 0.3 is 5.97 Å². The second kappa shape index (κ2) is 4.82. The Morgan fingerprint density at radius 3 is 2.88 bits per heavy atom. The first-order chi connectivity index (χ1) is 8.15. The smallest absolute Gasteiger partial charge is 0.356 e. The number of aryl methyl sites for hydroxylation is 3. The Kier molecular flexibility index (Phi) is 3.23. The Balaban J connectivity index is 2.00. The number of hydrogen-bond acceptors (Lipinski definition) is 2. The Morgan fingerprint density at radius 1 is 1.41 bits per heavy atom. The van der Waals surface area contributed by atoms with Gasteiger partial charge in [-0.15, -0.1) is 0 Å². The molecular weight excluding hydrogens is 216 g/mol. The third-order valence-corrected chi connectivity index (χ3v) is 2.57. The molecule has 4 heteroatoms. The van der Waals surface area contributed by atoms with Gasteiger partial charge in [0.2, 0.25) is 0 Å². The summed E-state index contributed by atoms with van der Waals surface area (Å²) in [6.07, 6.45) is 2.54. The molecule has 0 unspecified atom stereocenters. The fourth-order valence-electron chi connectivity index (χ4n) is 1.71. The van der Waals surface area contributed by atoms with E-state index < -0.39 is 5.97 Å². The van der Waals surface area contributed by atoms with E-state index in [0.717, 1.165) is 6.42 Å². The summed E-state index contributed by atoms with van der Waals surface area (Å²) in [5.74, 6) is -0.987. The molecule has 4 nitrogen and oxygen atoms in total. The molecule has 2 rings (SSSR count). The van der Waals surface area contributed by atoms with Crippen molar-refractivity contribution in [1.82, 2.24) is 9.78 Å². The highest BCUT2D eigenvalue weighted by atomic mass is 16.4. The first-order valence-electron chi connectivity index (χ1n) is 5.47. The lowest BCUT2D eigenvalue weighted by Crippen LogP contribution is -2.05. The number of carboxylic acids is 1. The van der Waals surface area contributed by atoms with E-state index in [1.165, 1.54) is 17.2 Å². The molecule has 0 aliphatic heterocycles. The summed E-state index contributed by atoms with van der Waals surface area (Å²) < 4.78 is 1.66. The summed E-state index contributed by atoms with van der Waals surface area (Å²) in [4.78, 5) is 10.7. The largest absolute Gasteiger partial charge is 0.476 e. The van der Waals surface area contributed by atoms with E-state index in [9.17, 15) is 4.79 Å². The van der Waals surface area contributed by atoms with Crippen molar-refractivity contribution in [2.45, 2.75) is 19.9 Å². The highest BCUT2D eigenvalue weighted by molar-refractivity contribution is 5.84. The van der Waals surface area contributed by atoms with Crippen molar-refractivity contribution >= 4 is 5.97 Å². The molecule has 1 aromatic heterocycles. The van der Waals surface area contributed by atoms with Gasteiger partial charge in [-0.1, -0.05) is 29.8 Å². The third-order valence-electron chi connectivity index (χ3n) is 2.57. The van der Waals surface area contributed by atoms with Gasteiger partial charge in [-0.25, -0.2) is 4.79 Å². The molecule has 1 heterocycles. The average molecular weight is 230 g/mol. The van der Waals surface area contributed by atoms with Crippen LogP contribution < -0.4 is 0 Å². The number of rotatable bonds is 4. The van der Waals surface area contributed by atoms with Gasteiger partial charge in [0.05, 0.1) is 0 Å². The molecule has 0 saturated heterocycles. The van der Waals surface area contributed by atoms with E-state index in [2.05, 4.69) is 30.2 Å². The van der Waals surface area contributed by atoms with Crippen LogP contribution in [-0.2, 0) is 13.0 Å². The molecule has 0 amide bonds. The van der Waals surface area contributed by atoms with Crippen LogP contribution in [0.1, 0.15) is 21.6 Å². The van der Waals surface area contributed by atoms with Crippen LogP contribution in [0.3, 0.4) is 0 Å². The van der Waals surface area contributed by atoms with E-state index in [-0.39, 0.29) is 5.69 Å². The number of nitrogens with zero attached hydrogens (tertiary/aromatic N) is 2. The summed E-state index contributed by atoms with van der Waals surface area (Å²) in [7, 11) is 0. The predicted octanol–water partition coefficient (Wildman–Crippen LogP) is 2.13. The van der Waals surface area contributed by atoms with Crippen molar-refractivity contribution in [3.63, 3.8) is 0 Å². The summed E-state index contributed by atoms with van der Waals surface area (Å²) >= 11 is 0. The highest BCUT2D eigenvalue weighted by Gasteiger charge is 2.06. The van der Waals surface area contributed by atoms with Gasteiger partial charge < -0.3 is 5.11 Å². The molecule has 0 saturated carbocycles. The van der Waals surface area contributed by atoms with Gasteiger partial charge in [-0.2, -0.15) is 5.10 Å². The second-order valence-corrected chi connectivity index (χ2v) is 4.01. The van der Waals surface area contributed by atoms with Crippen LogP contribution in [-0.4, -0.2) is 20.9 Å². The maximum atomic E-state index is 10.7. The lowest BCUT2D eigenvalue weighted by atomic mass is 10.1. The fraction of sp³-hybridized carbons (Fsp3) is 0.231. The Bertz CT molecular complexity index is 532. The Hall–Kier alpha value is -2.10. The van der Waals surface area contributed by atoms with E-state index in [1.807, 2.05) is 6.07 Å². The van der Waals surface area contributed by atoms with Crippen molar-refractivity contribution in [2.75, 3.05) is 0 Å². The lowest BCUT2D eigenvalue weighted by molar-refractivity contribution is 0.0689. The first kappa shape index (κ1) is 11.4. The maximum Gasteiger partial charge on any atom is 0.356 e. The molecule has 0 bridgehead atoms. The fourth-order valence-corrected chi connectivity index (χ4v) is 1.71. The summed E-state index contributed by atoms with van der Waals surface area (Å²) in [5.41, 5.74) is 2.56. The molecule has 0 fully saturated rings. The van der Waals surface area contributed by atoms with E-state index in [0.29, 0.717) is 6.54 Å². The standard InChI is InChI=1S/C13H14N2O2/c1-10-3-2-4-11(9-10)5-7-15-8-6-12(14-15)13(16)17/h2-4,6,8-9H,5,7H2,1H3,(H,16,17). The Morgan fingerprint density at radius 2 is 2.24 bits per heavy atom. The van der Waals surface area contributed by atoms with E-state index in [1.54, 1.807) is 10.9 Å². The zero-order valence-electron chi connectivity index (χ0n) is 9.63. The number of aromatic nitrogens is 2. The third kappa shape index (κ3) is 2.93. The molecule has 2 aromatic rings. The quantitative estimate of drug-likeness (QED) is 0.875. The number of carboxylic acid groups (broad SMARTS) is 1. The van der Waals surface area contributed by atoms with Crippen LogP contribution in [0.5, 0.6) is 0 Å². The van der Waals surface area contributed by atoms with Gasteiger partial charge in [0.25, 0.3) is 0 Å². The van der Waals surface area contributed by atoms with Gasteiger partial charge in [-0.05, 0) is 25.0 Å². The number of carbonyl (C=O) groups is 1. The van der Waals surface area contributed by atoms with Crippen molar-refractivity contribution in [3.8, 4) is 0 Å². The van der Waals surface area contributed by atoms with Crippen LogP contribution >= 0.6 is 0 Å². The van der Waals surface area contributed by atoms with Crippen LogP contribution in [0.2, 0.25) is 0 Å². The monoisotopic (exact) mass is 230 g/mol. The molecule has 88 valence electrons. The van der Waals surface area contributed by atoms with Crippen LogP contribution in [0, 0.1) is 6.92 Å². The Labute approximate surface area is 99.5 Å². The molecule has 0 radical (unpaired) electrons. The van der Waals surface area contributed by atoms with Gasteiger partial charge in [-0.3, -0.25) is 4.68 Å². The number of aromatic carboxylic acids is 1. The predicted molar refractivity (Wildman–Crippen MR) is 64.1 cm³/mol. The molecule has 1 N–H and O–H groups in total. The van der Waals surface area contributed by atoms with Gasteiger partial charge in [0.15, 0.2) is 5.69 Å². The molecule has 0 aliphatic carbocycles. The molecule has 0 atom stereocenters. The van der Waals surface area contributed by atoms with E-state index >= 15 is 0 Å². The topological polar surface area (TPSA) is 55.1 Å². The van der Waals surface area contributed by atoms with Crippen LogP contribution in [0.25, 0.3) is 0 Å². The summed E-state index contributed by atoms with van der Waals surface area (Å²) in [6.45, 7) is 2.75. The van der Waals surface area contributed by atoms with Crippen molar-refractivity contribution < 1.29 is 9.90 Å². The summed E-state index contributed by atoms with van der Waals surface area (Å²) in [5, 5.41) is 12.7. The normalized spacial score (nSPS) is 10.4. The maximum absolute atomic E-state index is 10.7. The molecule has 17 heavy (non-hydrogen) atoms. The minimum absolute atomic E-state index is 0.0919. The zero-order chi connectivity index (χ0) is 12.3. The molecular formula is C13H14N2O2. The average Bonchev–Trinajstić information content (AvgIpc) is 2.75. The zero-order valence-corrected chi connectivity index (χ0v) is 9.63. The van der Waals surface area contributed by atoms with Gasteiger partial charge in [0.1, 0.15) is 0 Å². The van der Waals surface area contributed by atoms with Crippen molar-refractivity contribution in [2.24, 2.45) is 0 Å². The van der Waals surface area contributed by atoms with Crippen molar-refractivity contribution in [1.29, 1.82) is 0 Å². The minimum atomic E-state index is -0.987. The second-order valence-electron chi connectivity index (χ2n) is 4.01. The number of benzene rings is 1. The first-order valence-corrected chi connectivity index (χ1v) is 5.47. The van der Waals surface area contributed by atoms with Crippen molar-refractivity contribution in [3.05, 3.63) is 53.3 Å². The SMILES string of the molecule is Cc1cccc(CCn2ccc(C(=O)O)n2)c1. The molecule has 0 spiro atoms. The molecule has 1 aromatic carbocycles.